The number of sulfonamides is 1. The lowest BCUT2D eigenvalue weighted by Gasteiger charge is -2.31. The summed E-state index contributed by atoms with van der Waals surface area (Å²) >= 11 is 5.68. The van der Waals surface area contributed by atoms with Crippen molar-refractivity contribution in [2.45, 2.75) is 30.8 Å². The number of methoxy groups -OCH3 is 1. The van der Waals surface area contributed by atoms with E-state index in [1.54, 1.807) is 19.1 Å². The first kappa shape index (κ1) is 24.3. The Morgan fingerprint density at radius 3 is 2.59 bits per heavy atom. The van der Waals surface area contributed by atoms with Crippen LogP contribution in [-0.4, -0.2) is 38.8 Å². The Bertz CT molecular complexity index is 1120. The minimum atomic E-state index is -4.71. The van der Waals surface area contributed by atoms with E-state index in [2.05, 4.69) is 5.32 Å². The van der Waals surface area contributed by atoms with E-state index in [9.17, 15) is 26.4 Å². The molecule has 1 amide bonds. The summed E-state index contributed by atoms with van der Waals surface area (Å²) in [6.45, 7) is 1.79. The van der Waals surface area contributed by atoms with Crippen LogP contribution in [0.5, 0.6) is 5.75 Å². The van der Waals surface area contributed by atoms with E-state index in [0.717, 1.165) is 17.7 Å². The molecule has 0 aliphatic carbocycles. The van der Waals surface area contributed by atoms with Crippen molar-refractivity contribution in [3.05, 3.63) is 52.5 Å². The molecule has 0 radical (unpaired) electrons. The molecule has 0 bridgehead atoms. The summed E-state index contributed by atoms with van der Waals surface area (Å²) in [6, 6.07) is 7.82. The van der Waals surface area contributed by atoms with Crippen molar-refractivity contribution in [3.63, 3.8) is 0 Å². The van der Waals surface area contributed by atoms with Crippen LogP contribution in [0.15, 0.2) is 41.3 Å². The highest BCUT2D eigenvalue weighted by Crippen LogP contribution is 2.37. The normalized spacial score (nSPS) is 17.8. The SMILES string of the molecule is COc1ccc(C)cc1S(=O)(=O)N1CCC[C@H](C(=O)Nc2ccc(Cl)cc2C(F)(F)F)C1. The summed E-state index contributed by atoms with van der Waals surface area (Å²) in [5.41, 5.74) is -0.770. The van der Waals surface area contributed by atoms with Crippen molar-refractivity contribution < 1.29 is 31.1 Å². The van der Waals surface area contributed by atoms with Gasteiger partial charge in [0.15, 0.2) is 0 Å². The molecule has 2 aromatic carbocycles. The third kappa shape index (κ3) is 5.19. The molecule has 1 aliphatic rings. The number of nitrogens with zero attached hydrogens (tertiary/aromatic N) is 1. The summed E-state index contributed by atoms with van der Waals surface area (Å²) in [5, 5.41) is 2.18. The van der Waals surface area contributed by atoms with Crippen molar-refractivity contribution in [3.8, 4) is 5.75 Å². The molecule has 0 spiro atoms. The summed E-state index contributed by atoms with van der Waals surface area (Å²) in [4.78, 5) is 12.7. The first-order valence-electron chi connectivity index (χ1n) is 9.76. The maximum Gasteiger partial charge on any atom is 0.418 e. The van der Waals surface area contributed by atoms with E-state index in [-0.39, 0.29) is 28.8 Å². The largest absolute Gasteiger partial charge is 0.495 e. The van der Waals surface area contributed by atoms with E-state index in [0.29, 0.717) is 12.8 Å². The predicted molar refractivity (Wildman–Crippen MR) is 114 cm³/mol. The molecular formula is C21H22ClF3N2O4S. The monoisotopic (exact) mass is 490 g/mol. The lowest BCUT2D eigenvalue weighted by molar-refractivity contribution is -0.137. The molecule has 1 atom stereocenters. The van der Waals surface area contributed by atoms with Gasteiger partial charge in [0.25, 0.3) is 0 Å². The fourth-order valence-corrected chi connectivity index (χ4v) is 5.53. The second-order valence-corrected chi connectivity index (χ2v) is 9.88. The molecule has 6 nitrogen and oxygen atoms in total. The number of halogens is 4. The molecule has 0 aromatic heterocycles. The van der Waals surface area contributed by atoms with Gasteiger partial charge in [-0.2, -0.15) is 17.5 Å². The molecule has 3 rings (SSSR count). The van der Waals surface area contributed by atoms with Crippen molar-refractivity contribution in [1.82, 2.24) is 4.31 Å². The van der Waals surface area contributed by atoms with Gasteiger partial charge < -0.3 is 10.1 Å². The lowest BCUT2D eigenvalue weighted by Crippen LogP contribution is -2.43. The predicted octanol–water partition coefficient (Wildman–Crippen LogP) is 4.72. The zero-order valence-corrected chi connectivity index (χ0v) is 18.9. The molecule has 0 unspecified atom stereocenters. The van der Waals surface area contributed by atoms with Gasteiger partial charge in [-0.05, 0) is 55.7 Å². The number of piperidine rings is 1. The average molecular weight is 491 g/mol. The maximum absolute atomic E-state index is 13.3. The molecule has 174 valence electrons. The zero-order valence-electron chi connectivity index (χ0n) is 17.4. The van der Waals surface area contributed by atoms with Crippen LogP contribution < -0.4 is 10.1 Å². The highest BCUT2D eigenvalue weighted by atomic mass is 35.5. The van der Waals surface area contributed by atoms with Gasteiger partial charge in [0.05, 0.1) is 24.3 Å². The number of hydrogen-bond donors (Lipinski definition) is 1. The van der Waals surface area contributed by atoms with Crippen LogP contribution in [0.2, 0.25) is 5.02 Å². The fourth-order valence-electron chi connectivity index (χ4n) is 3.59. The standard InChI is InChI=1S/C21H22ClF3N2O4S/c1-13-5-8-18(31-2)19(10-13)32(29,30)27-9-3-4-14(12-27)20(28)26-17-7-6-15(22)11-16(17)21(23,24)25/h5-8,10-11,14H,3-4,9,12H2,1-2H3,(H,26,28)/t14-/m0/s1. The van der Waals surface area contributed by atoms with Crippen LogP contribution in [0.4, 0.5) is 18.9 Å². The van der Waals surface area contributed by atoms with Gasteiger partial charge in [-0.25, -0.2) is 8.42 Å². The number of rotatable bonds is 5. The summed E-state index contributed by atoms with van der Waals surface area (Å²) in [5.74, 6) is -1.32. The van der Waals surface area contributed by atoms with Gasteiger partial charge in [0.1, 0.15) is 10.6 Å². The Labute approximate surface area is 189 Å². The molecule has 1 fully saturated rings. The number of carbonyl (C=O) groups is 1. The summed E-state index contributed by atoms with van der Waals surface area (Å²) in [7, 11) is -2.61. The van der Waals surface area contributed by atoms with Crippen molar-refractivity contribution in [1.29, 1.82) is 0 Å². The van der Waals surface area contributed by atoms with Crippen LogP contribution in [0, 0.1) is 12.8 Å². The number of ether oxygens (including phenoxy) is 1. The number of aryl methyl sites for hydroxylation is 1. The molecule has 32 heavy (non-hydrogen) atoms. The lowest BCUT2D eigenvalue weighted by atomic mass is 9.98. The topological polar surface area (TPSA) is 75.7 Å². The third-order valence-electron chi connectivity index (χ3n) is 5.24. The maximum atomic E-state index is 13.3. The Morgan fingerprint density at radius 1 is 1.22 bits per heavy atom. The molecule has 0 saturated carbocycles. The minimum absolute atomic E-state index is 0.0156. The van der Waals surface area contributed by atoms with Crippen molar-refractivity contribution in [2.75, 3.05) is 25.5 Å². The van der Waals surface area contributed by atoms with Gasteiger partial charge in [-0.1, -0.05) is 17.7 Å². The Balaban J connectivity index is 1.83. The quantitative estimate of drug-likeness (QED) is 0.658. The number of carbonyl (C=O) groups excluding carboxylic acids is 1. The van der Waals surface area contributed by atoms with E-state index >= 15 is 0 Å². The van der Waals surface area contributed by atoms with Gasteiger partial charge in [-0.3, -0.25) is 4.79 Å². The van der Waals surface area contributed by atoms with Crippen LogP contribution >= 0.6 is 11.6 Å². The molecule has 1 aliphatic heterocycles. The number of amides is 1. The highest BCUT2D eigenvalue weighted by molar-refractivity contribution is 7.89. The van der Waals surface area contributed by atoms with Crippen molar-refractivity contribution in [2.24, 2.45) is 5.92 Å². The Kier molecular flexibility index (Phi) is 7.06. The molecule has 11 heteroatoms. The van der Waals surface area contributed by atoms with E-state index in [4.69, 9.17) is 16.3 Å². The van der Waals surface area contributed by atoms with Crippen LogP contribution in [0.25, 0.3) is 0 Å². The van der Waals surface area contributed by atoms with Crippen LogP contribution in [0.1, 0.15) is 24.0 Å². The summed E-state index contributed by atoms with van der Waals surface area (Å²) < 4.78 is 72.8. The first-order valence-corrected chi connectivity index (χ1v) is 11.6. The summed E-state index contributed by atoms with van der Waals surface area (Å²) in [6.07, 6.45) is -3.98. The van der Waals surface area contributed by atoms with E-state index < -0.39 is 39.3 Å². The average Bonchev–Trinajstić information content (AvgIpc) is 2.74. The number of alkyl halides is 3. The Hall–Kier alpha value is -2.30. The van der Waals surface area contributed by atoms with Gasteiger partial charge >= 0.3 is 6.18 Å². The number of hydrogen-bond acceptors (Lipinski definition) is 4. The zero-order chi connectivity index (χ0) is 23.7. The molecule has 2 aromatic rings. The molecular weight excluding hydrogens is 469 g/mol. The van der Waals surface area contributed by atoms with Crippen molar-refractivity contribution >= 4 is 33.2 Å². The van der Waals surface area contributed by atoms with E-state index in [1.807, 2.05) is 0 Å². The van der Waals surface area contributed by atoms with Gasteiger partial charge in [0, 0.05) is 18.1 Å². The van der Waals surface area contributed by atoms with Gasteiger partial charge in [0.2, 0.25) is 15.9 Å². The number of benzene rings is 2. The third-order valence-corrected chi connectivity index (χ3v) is 7.36. The fraction of sp³-hybridized carbons (Fsp3) is 0.381. The minimum Gasteiger partial charge on any atom is -0.495 e. The van der Waals surface area contributed by atoms with Gasteiger partial charge in [-0.15, -0.1) is 0 Å². The number of nitrogens with one attached hydrogen (secondary N) is 1. The Morgan fingerprint density at radius 2 is 1.94 bits per heavy atom. The smallest absolute Gasteiger partial charge is 0.418 e. The van der Waals surface area contributed by atoms with Crippen LogP contribution in [-0.2, 0) is 21.0 Å². The van der Waals surface area contributed by atoms with Crippen LogP contribution in [0.3, 0.4) is 0 Å². The molecule has 1 N–H and O–H groups in total. The second kappa shape index (κ2) is 9.29. The second-order valence-electron chi connectivity index (χ2n) is 7.53. The highest BCUT2D eigenvalue weighted by Gasteiger charge is 2.37. The molecule has 1 saturated heterocycles. The number of anilines is 1. The molecule has 1 heterocycles. The van der Waals surface area contributed by atoms with E-state index in [1.165, 1.54) is 23.5 Å². The first-order chi connectivity index (χ1) is 14.9.